The van der Waals surface area contributed by atoms with Crippen LogP contribution < -0.4 is 10.1 Å². The number of likely N-dealkylation sites (tertiary alicyclic amines) is 1. The van der Waals surface area contributed by atoms with Crippen molar-refractivity contribution in [2.45, 2.75) is 6.42 Å². The molecule has 0 saturated carbocycles. The van der Waals surface area contributed by atoms with Gasteiger partial charge in [0.15, 0.2) is 0 Å². The van der Waals surface area contributed by atoms with Crippen LogP contribution in [0.15, 0.2) is 24.3 Å². The average molecular weight is 363 g/mol. The van der Waals surface area contributed by atoms with Gasteiger partial charge in [-0.1, -0.05) is 12.1 Å². The number of carbonyl (C=O) groups excluding carboxylic acids is 2. The maximum Gasteiger partial charge on any atom is 0.238 e. The van der Waals surface area contributed by atoms with E-state index in [-0.39, 0.29) is 17.7 Å². The number of nitrogens with one attached hydrogen (secondary N) is 1. The van der Waals surface area contributed by atoms with Gasteiger partial charge in [-0.05, 0) is 25.1 Å². The molecule has 6 nitrogen and oxygen atoms in total. The lowest BCUT2D eigenvalue weighted by Crippen LogP contribution is -2.42. The number of anilines is 1. The van der Waals surface area contributed by atoms with Gasteiger partial charge in [0.05, 0.1) is 25.3 Å². The second kappa shape index (κ2) is 8.58. The van der Waals surface area contributed by atoms with Gasteiger partial charge in [-0.25, -0.2) is 0 Å². The van der Waals surface area contributed by atoms with Crippen LogP contribution in [0.5, 0.6) is 5.75 Å². The molecule has 3 rings (SSSR count). The van der Waals surface area contributed by atoms with Crippen molar-refractivity contribution >= 4 is 29.3 Å². The van der Waals surface area contributed by atoms with Gasteiger partial charge in [0.2, 0.25) is 11.8 Å². The number of thioether (sulfide) groups is 1. The van der Waals surface area contributed by atoms with Crippen molar-refractivity contribution in [2.24, 2.45) is 5.92 Å². The molecule has 2 aliphatic rings. The van der Waals surface area contributed by atoms with Crippen molar-refractivity contribution < 1.29 is 14.3 Å². The van der Waals surface area contributed by atoms with E-state index in [1.807, 2.05) is 40.9 Å². The van der Waals surface area contributed by atoms with E-state index in [0.29, 0.717) is 24.5 Å². The molecule has 0 spiro atoms. The fourth-order valence-electron chi connectivity index (χ4n) is 3.36. The number of amides is 2. The summed E-state index contributed by atoms with van der Waals surface area (Å²) < 4.78 is 5.25. The van der Waals surface area contributed by atoms with Gasteiger partial charge in [-0.2, -0.15) is 11.8 Å². The number of benzene rings is 1. The summed E-state index contributed by atoms with van der Waals surface area (Å²) in [5, 5.41) is 2.89. The summed E-state index contributed by atoms with van der Waals surface area (Å²) in [5.41, 5.74) is 0.674. The fourth-order valence-corrected chi connectivity index (χ4v) is 4.26. The Balaban J connectivity index is 1.49. The van der Waals surface area contributed by atoms with Gasteiger partial charge in [0, 0.05) is 31.1 Å². The first kappa shape index (κ1) is 18.1. The summed E-state index contributed by atoms with van der Waals surface area (Å²) in [5.74, 6) is 2.92. The molecular weight excluding hydrogens is 338 g/mol. The third-order valence-electron chi connectivity index (χ3n) is 4.69. The zero-order valence-corrected chi connectivity index (χ0v) is 15.4. The molecule has 1 N–H and O–H groups in total. The SMILES string of the molecule is COc1ccccc1NC(=O)CN1CCC(C(=O)N2CCSCC2)C1. The van der Waals surface area contributed by atoms with E-state index in [9.17, 15) is 9.59 Å². The highest BCUT2D eigenvalue weighted by molar-refractivity contribution is 7.99. The molecular formula is C18H25N3O3S. The number of carbonyl (C=O) groups is 2. The Morgan fingerprint density at radius 1 is 1.24 bits per heavy atom. The summed E-state index contributed by atoms with van der Waals surface area (Å²) in [6, 6.07) is 7.36. The minimum absolute atomic E-state index is 0.0298. The largest absolute Gasteiger partial charge is 0.495 e. The monoisotopic (exact) mass is 363 g/mol. The number of rotatable bonds is 5. The van der Waals surface area contributed by atoms with E-state index in [2.05, 4.69) is 10.2 Å². The van der Waals surface area contributed by atoms with Gasteiger partial charge >= 0.3 is 0 Å². The van der Waals surface area contributed by atoms with Gasteiger partial charge in [-0.15, -0.1) is 0 Å². The van der Waals surface area contributed by atoms with E-state index in [1.165, 1.54) is 0 Å². The maximum atomic E-state index is 12.6. The van der Waals surface area contributed by atoms with Gasteiger partial charge < -0.3 is 15.0 Å². The lowest BCUT2D eigenvalue weighted by Gasteiger charge is -2.28. The number of methoxy groups -OCH3 is 1. The highest BCUT2D eigenvalue weighted by atomic mass is 32.2. The average Bonchev–Trinajstić information content (AvgIpc) is 3.10. The smallest absolute Gasteiger partial charge is 0.238 e. The number of hydrogen-bond donors (Lipinski definition) is 1. The molecule has 0 bridgehead atoms. The van der Waals surface area contributed by atoms with Crippen LogP contribution in [-0.4, -0.2) is 73.0 Å². The first-order valence-electron chi connectivity index (χ1n) is 8.69. The van der Waals surface area contributed by atoms with Crippen LogP contribution in [0.1, 0.15) is 6.42 Å². The zero-order valence-electron chi connectivity index (χ0n) is 14.6. The summed E-state index contributed by atoms with van der Waals surface area (Å²) in [4.78, 5) is 28.9. The lowest BCUT2D eigenvalue weighted by atomic mass is 10.1. The van der Waals surface area contributed by atoms with Crippen molar-refractivity contribution in [1.29, 1.82) is 0 Å². The van der Waals surface area contributed by atoms with Gasteiger partial charge in [0.1, 0.15) is 5.75 Å². The summed E-state index contributed by atoms with van der Waals surface area (Å²) in [6.07, 6.45) is 0.838. The van der Waals surface area contributed by atoms with Crippen LogP contribution in [0.2, 0.25) is 0 Å². The summed E-state index contributed by atoms with van der Waals surface area (Å²) in [6.45, 7) is 3.47. The molecule has 7 heteroatoms. The third-order valence-corrected chi connectivity index (χ3v) is 5.64. The maximum absolute atomic E-state index is 12.6. The Morgan fingerprint density at radius 2 is 2.00 bits per heavy atom. The minimum atomic E-state index is -0.0769. The fraction of sp³-hybridized carbons (Fsp3) is 0.556. The minimum Gasteiger partial charge on any atom is -0.495 e. The summed E-state index contributed by atoms with van der Waals surface area (Å²) >= 11 is 1.90. The van der Waals surface area contributed by atoms with E-state index in [0.717, 1.165) is 37.6 Å². The topological polar surface area (TPSA) is 61.9 Å². The molecule has 2 fully saturated rings. The quantitative estimate of drug-likeness (QED) is 0.860. The molecule has 1 aromatic rings. The molecule has 1 aromatic carbocycles. The number of ether oxygens (including phenoxy) is 1. The Morgan fingerprint density at radius 3 is 2.76 bits per heavy atom. The molecule has 1 unspecified atom stereocenters. The first-order valence-corrected chi connectivity index (χ1v) is 9.84. The Hall–Kier alpha value is -1.73. The number of para-hydroxylation sites is 2. The molecule has 0 aromatic heterocycles. The third kappa shape index (κ3) is 4.67. The molecule has 25 heavy (non-hydrogen) atoms. The van der Waals surface area contributed by atoms with E-state index in [1.54, 1.807) is 7.11 Å². The van der Waals surface area contributed by atoms with Crippen molar-refractivity contribution in [3.63, 3.8) is 0 Å². The van der Waals surface area contributed by atoms with Crippen molar-refractivity contribution in [1.82, 2.24) is 9.80 Å². The van der Waals surface area contributed by atoms with Crippen LogP contribution in [-0.2, 0) is 9.59 Å². The zero-order chi connectivity index (χ0) is 17.6. The van der Waals surface area contributed by atoms with Crippen LogP contribution in [0.4, 0.5) is 5.69 Å². The summed E-state index contributed by atoms with van der Waals surface area (Å²) in [7, 11) is 1.58. The molecule has 2 amide bonds. The molecule has 0 aliphatic carbocycles. The Kier molecular flexibility index (Phi) is 6.20. The molecule has 2 aliphatic heterocycles. The van der Waals surface area contributed by atoms with E-state index < -0.39 is 0 Å². The first-order chi connectivity index (χ1) is 12.2. The Labute approximate surface area is 152 Å². The number of nitrogens with zero attached hydrogens (tertiary/aromatic N) is 2. The molecule has 136 valence electrons. The Bertz CT molecular complexity index is 619. The highest BCUT2D eigenvalue weighted by Crippen LogP contribution is 2.24. The second-order valence-corrected chi connectivity index (χ2v) is 7.63. The molecule has 2 saturated heterocycles. The van der Waals surface area contributed by atoms with Crippen molar-refractivity contribution in [3.8, 4) is 5.75 Å². The highest BCUT2D eigenvalue weighted by Gasteiger charge is 2.32. The van der Waals surface area contributed by atoms with Crippen LogP contribution in [0.25, 0.3) is 0 Å². The van der Waals surface area contributed by atoms with E-state index in [4.69, 9.17) is 4.74 Å². The van der Waals surface area contributed by atoms with Crippen molar-refractivity contribution in [2.75, 3.05) is 56.7 Å². The normalized spacial score (nSPS) is 21.2. The van der Waals surface area contributed by atoms with Gasteiger partial charge in [-0.3, -0.25) is 14.5 Å². The van der Waals surface area contributed by atoms with Crippen LogP contribution in [0.3, 0.4) is 0 Å². The second-order valence-electron chi connectivity index (χ2n) is 6.41. The van der Waals surface area contributed by atoms with Crippen LogP contribution in [0, 0.1) is 5.92 Å². The van der Waals surface area contributed by atoms with E-state index >= 15 is 0 Å². The molecule has 2 heterocycles. The molecule has 1 atom stereocenters. The predicted molar refractivity (Wildman–Crippen MR) is 100 cm³/mol. The number of hydrogen-bond acceptors (Lipinski definition) is 5. The predicted octanol–water partition coefficient (Wildman–Crippen LogP) is 1.53. The standard InChI is InChI=1S/C18H25N3O3S/c1-24-16-5-3-2-4-15(16)19-17(22)13-20-7-6-14(12-20)18(23)21-8-10-25-11-9-21/h2-5,14H,6-13H2,1H3,(H,19,22). The van der Waals surface area contributed by atoms with Gasteiger partial charge in [0.25, 0.3) is 0 Å². The molecule has 0 radical (unpaired) electrons. The van der Waals surface area contributed by atoms with Crippen molar-refractivity contribution in [3.05, 3.63) is 24.3 Å². The van der Waals surface area contributed by atoms with Crippen LogP contribution >= 0.6 is 11.8 Å². The lowest BCUT2D eigenvalue weighted by molar-refractivity contribution is -0.134.